The quantitative estimate of drug-likeness (QED) is 0.795. The highest BCUT2D eigenvalue weighted by atomic mass is 16.2. The van der Waals surface area contributed by atoms with E-state index < -0.39 is 0 Å². The van der Waals surface area contributed by atoms with E-state index in [1.54, 1.807) is 0 Å². The number of benzene rings is 1. The molecule has 1 fully saturated rings. The van der Waals surface area contributed by atoms with Crippen LogP contribution in [0.4, 0.5) is 0 Å². The summed E-state index contributed by atoms with van der Waals surface area (Å²) < 4.78 is 0. The number of carbonyl (C=O) groups excluding carboxylic acids is 2. The maximum atomic E-state index is 12.8. The van der Waals surface area contributed by atoms with Crippen molar-refractivity contribution in [3.05, 3.63) is 35.4 Å². The highest BCUT2D eigenvalue weighted by molar-refractivity contribution is 5.94. The average Bonchev–Trinajstić information content (AvgIpc) is 2.67. The first-order chi connectivity index (χ1) is 12.1. The molecule has 1 aliphatic rings. The van der Waals surface area contributed by atoms with Crippen molar-refractivity contribution >= 4 is 11.8 Å². The summed E-state index contributed by atoms with van der Waals surface area (Å²) in [5.74, 6) is 0.256. The molecule has 0 aliphatic carbocycles. The summed E-state index contributed by atoms with van der Waals surface area (Å²) in [6, 6.07) is 8.01. The Hall–Kier alpha value is -1.84. The fourth-order valence-electron chi connectivity index (χ4n) is 3.14. The van der Waals surface area contributed by atoms with Gasteiger partial charge in [0.2, 0.25) is 5.91 Å². The van der Waals surface area contributed by atoms with E-state index in [9.17, 15) is 9.59 Å². The number of hydrogen-bond acceptors (Lipinski definition) is 2. The van der Waals surface area contributed by atoms with Gasteiger partial charge in [-0.2, -0.15) is 0 Å². The number of piperazine rings is 1. The third kappa shape index (κ3) is 4.28. The van der Waals surface area contributed by atoms with Crippen molar-refractivity contribution in [2.24, 2.45) is 5.41 Å². The van der Waals surface area contributed by atoms with Gasteiger partial charge < -0.3 is 9.80 Å². The minimum Gasteiger partial charge on any atom is -0.339 e. The first-order valence-corrected chi connectivity index (χ1v) is 9.81. The van der Waals surface area contributed by atoms with Gasteiger partial charge in [0, 0.05) is 37.2 Å². The number of hydrogen-bond donors (Lipinski definition) is 0. The van der Waals surface area contributed by atoms with Gasteiger partial charge in [-0.15, -0.1) is 0 Å². The molecule has 1 saturated heterocycles. The van der Waals surface area contributed by atoms with Crippen LogP contribution >= 0.6 is 0 Å². The summed E-state index contributed by atoms with van der Waals surface area (Å²) in [6.45, 7) is 15.1. The van der Waals surface area contributed by atoms with Crippen LogP contribution in [0.3, 0.4) is 0 Å². The van der Waals surface area contributed by atoms with Crippen LogP contribution in [-0.4, -0.2) is 47.8 Å². The SMILES string of the molecule is CCC(C)(C)C(=O)N1CCN(C(=O)c2ccc(C(C)(C)CC)cc2)CC1. The van der Waals surface area contributed by atoms with E-state index >= 15 is 0 Å². The number of nitrogens with zero attached hydrogens (tertiary/aromatic N) is 2. The van der Waals surface area contributed by atoms with Gasteiger partial charge in [-0.3, -0.25) is 9.59 Å². The topological polar surface area (TPSA) is 40.6 Å². The molecule has 2 rings (SSSR count). The lowest BCUT2D eigenvalue weighted by molar-refractivity contribution is -0.142. The first kappa shape index (κ1) is 20.5. The Morgan fingerprint density at radius 3 is 1.81 bits per heavy atom. The fraction of sp³-hybridized carbons (Fsp3) is 0.636. The second-order valence-corrected chi connectivity index (χ2v) is 8.64. The lowest BCUT2D eigenvalue weighted by atomic mass is 9.82. The van der Waals surface area contributed by atoms with Crippen molar-refractivity contribution in [2.75, 3.05) is 26.2 Å². The summed E-state index contributed by atoms with van der Waals surface area (Å²) in [4.78, 5) is 29.1. The Morgan fingerprint density at radius 1 is 0.846 bits per heavy atom. The van der Waals surface area contributed by atoms with Gasteiger partial charge in [0.25, 0.3) is 5.91 Å². The third-order valence-electron chi connectivity index (χ3n) is 6.11. The molecule has 0 saturated carbocycles. The number of carbonyl (C=O) groups is 2. The molecule has 4 heteroatoms. The summed E-state index contributed by atoms with van der Waals surface area (Å²) in [7, 11) is 0. The molecule has 1 aromatic carbocycles. The summed E-state index contributed by atoms with van der Waals surface area (Å²) in [6.07, 6.45) is 1.88. The van der Waals surface area contributed by atoms with Crippen molar-refractivity contribution in [1.82, 2.24) is 9.80 Å². The first-order valence-electron chi connectivity index (χ1n) is 9.81. The zero-order valence-corrected chi connectivity index (χ0v) is 17.3. The lowest BCUT2D eigenvalue weighted by Gasteiger charge is -2.38. The highest BCUT2D eigenvalue weighted by Crippen LogP contribution is 2.27. The highest BCUT2D eigenvalue weighted by Gasteiger charge is 2.33. The van der Waals surface area contributed by atoms with Crippen LogP contribution in [0.15, 0.2) is 24.3 Å². The van der Waals surface area contributed by atoms with Crippen molar-refractivity contribution in [3.63, 3.8) is 0 Å². The zero-order valence-electron chi connectivity index (χ0n) is 17.3. The predicted molar refractivity (Wildman–Crippen MR) is 106 cm³/mol. The van der Waals surface area contributed by atoms with Gasteiger partial charge in [0.1, 0.15) is 0 Å². The Morgan fingerprint density at radius 2 is 1.35 bits per heavy atom. The second kappa shape index (κ2) is 7.81. The van der Waals surface area contributed by atoms with Crippen molar-refractivity contribution < 1.29 is 9.59 Å². The summed E-state index contributed by atoms with van der Waals surface area (Å²) in [5, 5.41) is 0. The van der Waals surface area contributed by atoms with Gasteiger partial charge >= 0.3 is 0 Å². The minimum atomic E-state index is -0.325. The molecule has 0 spiro atoms. The van der Waals surface area contributed by atoms with Crippen LogP contribution in [0.25, 0.3) is 0 Å². The monoisotopic (exact) mass is 358 g/mol. The minimum absolute atomic E-state index is 0.0627. The van der Waals surface area contributed by atoms with Crippen LogP contribution in [-0.2, 0) is 10.2 Å². The number of amides is 2. The standard InChI is InChI=1S/C22H34N2O2/c1-7-21(3,4)18-11-9-17(10-12-18)19(25)23-13-15-24(16-14-23)20(26)22(5,6)8-2/h9-12H,7-8,13-16H2,1-6H3. The molecule has 0 N–H and O–H groups in total. The Kier molecular flexibility index (Phi) is 6.15. The maximum absolute atomic E-state index is 12.8. The van der Waals surface area contributed by atoms with E-state index in [2.05, 4.69) is 32.9 Å². The van der Waals surface area contributed by atoms with Crippen LogP contribution in [0.1, 0.15) is 70.3 Å². The normalized spacial score (nSPS) is 15.9. The van der Waals surface area contributed by atoms with Gasteiger partial charge in [0.05, 0.1) is 0 Å². The van der Waals surface area contributed by atoms with Crippen molar-refractivity contribution in [2.45, 2.75) is 59.8 Å². The summed E-state index contributed by atoms with van der Waals surface area (Å²) in [5.41, 5.74) is 1.79. The molecule has 2 amide bonds. The molecule has 0 bridgehead atoms. The molecule has 0 atom stereocenters. The largest absolute Gasteiger partial charge is 0.339 e. The predicted octanol–water partition coefficient (Wildman–Crippen LogP) is 4.09. The molecule has 4 nitrogen and oxygen atoms in total. The molecule has 1 aliphatic heterocycles. The average molecular weight is 359 g/mol. The van der Waals surface area contributed by atoms with Gasteiger partial charge in [-0.25, -0.2) is 0 Å². The lowest BCUT2D eigenvalue weighted by Crippen LogP contribution is -2.53. The zero-order chi connectivity index (χ0) is 19.5. The van der Waals surface area contributed by atoms with E-state index in [1.165, 1.54) is 5.56 Å². The molecular weight excluding hydrogens is 324 g/mol. The summed E-state index contributed by atoms with van der Waals surface area (Å²) >= 11 is 0. The molecule has 1 aromatic rings. The van der Waals surface area contributed by atoms with Crippen LogP contribution in [0.5, 0.6) is 0 Å². The van der Waals surface area contributed by atoms with E-state index in [1.807, 2.05) is 42.7 Å². The Labute approximate surface area is 158 Å². The Balaban J connectivity index is 1.99. The van der Waals surface area contributed by atoms with Crippen molar-refractivity contribution in [3.8, 4) is 0 Å². The van der Waals surface area contributed by atoms with E-state index in [0.29, 0.717) is 26.2 Å². The smallest absolute Gasteiger partial charge is 0.253 e. The van der Waals surface area contributed by atoms with Gasteiger partial charge in [0.15, 0.2) is 0 Å². The Bertz CT molecular complexity index is 639. The molecule has 26 heavy (non-hydrogen) atoms. The molecule has 1 heterocycles. The molecule has 144 valence electrons. The van der Waals surface area contributed by atoms with Crippen LogP contribution in [0.2, 0.25) is 0 Å². The third-order valence-corrected chi connectivity index (χ3v) is 6.11. The van der Waals surface area contributed by atoms with E-state index in [0.717, 1.165) is 18.4 Å². The molecular formula is C22H34N2O2. The van der Waals surface area contributed by atoms with Gasteiger partial charge in [-0.1, -0.05) is 53.7 Å². The maximum Gasteiger partial charge on any atom is 0.253 e. The second-order valence-electron chi connectivity index (χ2n) is 8.64. The molecule has 0 unspecified atom stereocenters. The van der Waals surface area contributed by atoms with Gasteiger partial charge in [-0.05, 0) is 36.0 Å². The van der Waals surface area contributed by atoms with Crippen LogP contribution in [0, 0.1) is 5.41 Å². The van der Waals surface area contributed by atoms with E-state index in [-0.39, 0.29) is 22.6 Å². The number of rotatable bonds is 5. The molecule has 0 aromatic heterocycles. The molecule has 0 radical (unpaired) electrons. The van der Waals surface area contributed by atoms with Crippen molar-refractivity contribution in [1.29, 1.82) is 0 Å². The van der Waals surface area contributed by atoms with E-state index in [4.69, 9.17) is 0 Å². The van der Waals surface area contributed by atoms with Crippen LogP contribution < -0.4 is 0 Å². The fourth-order valence-corrected chi connectivity index (χ4v) is 3.14.